The summed E-state index contributed by atoms with van der Waals surface area (Å²) >= 11 is 0. The molecule has 0 aliphatic heterocycles. The second-order valence-corrected chi connectivity index (χ2v) is 5.14. The zero-order chi connectivity index (χ0) is 18.7. The van der Waals surface area contributed by atoms with Gasteiger partial charge in [-0.1, -0.05) is 0 Å². The molecule has 0 saturated carbocycles. The summed E-state index contributed by atoms with van der Waals surface area (Å²) in [4.78, 5) is 32.3. The van der Waals surface area contributed by atoms with Crippen LogP contribution in [0.15, 0.2) is 58.0 Å². The van der Waals surface area contributed by atoms with Crippen molar-refractivity contribution in [3.05, 3.63) is 80.1 Å². The van der Waals surface area contributed by atoms with Crippen LogP contribution in [0.5, 0.6) is 0 Å². The van der Waals surface area contributed by atoms with Gasteiger partial charge >= 0.3 is 5.91 Å². The second kappa shape index (κ2) is 6.81. The molecule has 10 nitrogen and oxygen atoms in total. The molecule has 0 radical (unpaired) electrons. The standard InChI is InChI=1S/C16H10N4O6/c21-16(18-17-9-10-1-3-12(4-2-10)19(22)23)15-8-11-7-13(20(24)25)5-6-14(11)26-15/h1-9H,(H,18,21)/b17-9-. The molecule has 130 valence electrons. The van der Waals surface area contributed by atoms with Gasteiger partial charge in [-0.05, 0) is 29.8 Å². The van der Waals surface area contributed by atoms with Gasteiger partial charge in [0.15, 0.2) is 5.76 Å². The molecule has 0 unspecified atom stereocenters. The first kappa shape index (κ1) is 16.8. The molecule has 0 aliphatic carbocycles. The Morgan fingerprint density at radius 3 is 2.31 bits per heavy atom. The van der Waals surface area contributed by atoms with Gasteiger partial charge in [0.1, 0.15) is 5.58 Å². The molecule has 1 heterocycles. The van der Waals surface area contributed by atoms with E-state index in [0.717, 1.165) is 0 Å². The number of nitrogens with one attached hydrogen (secondary N) is 1. The van der Waals surface area contributed by atoms with Crippen LogP contribution in [-0.2, 0) is 0 Å². The van der Waals surface area contributed by atoms with Crippen LogP contribution in [0, 0.1) is 20.2 Å². The highest BCUT2D eigenvalue weighted by Gasteiger charge is 2.14. The summed E-state index contributed by atoms with van der Waals surface area (Å²) < 4.78 is 5.33. The Balaban J connectivity index is 1.70. The smallest absolute Gasteiger partial charge is 0.307 e. The van der Waals surface area contributed by atoms with Crippen molar-refractivity contribution >= 4 is 34.5 Å². The number of carbonyl (C=O) groups excluding carboxylic acids is 1. The molecule has 0 saturated heterocycles. The number of hydrogen-bond donors (Lipinski definition) is 1. The number of nitrogens with zero attached hydrogens (tertiary/aromatic N) is 3. The quantitative estimate of drug-likeness (QED) is 0.424. The van der Waals surface area contributed by atoms with E-state index in [4.69, 9.17) is 4.42 Å². The average Bonchev–Trinajstić information content (AvgIpc) is 3.05. The van der Waals surface area contributed by atoms with E-state index in [1.54, 1.807) is 0 Å². The van der Waals surface area contributed by atoms with Gasteiger partial charge in [-0.15, -0.1) is 0 Å². The lowest BCUT2D eigenvalue weighted by Crippen LogP contribution is -2.16. The van der Waals surface area contributed by atoms with Gasteiger partial charge in [-0.2, -0.15) is 5.10 Å². The van der Waals surface area contributed by atoms with Crippen molar-refractivity contribution in [3.63, 3.8) is 0 Å². The molecule has 2 aromatic carbocycles. The van der Waals surface area contributed by atoms with E-state index in [9.17, 15) is 25.0 Å². The summed E-state index contributed by atoms with van der Waals surface area (Å²) in [6, 6.07) is 11.0. The van der Waals surface area contributed by atoms with Crippen molar-refractivity contribution in [2.45, 2.75) is 0 Å². The number of rotatable bonds is 5. The van der Waals surface area contributed by atoms with Gasteiger partial charge < -0.3 is 4.42 Å². The molecule has 0 atom stereocenters. The Hall–Kier alpha value is -4.08. The lowest BCUT2D eigenvalue weighted by atomic mass is 10.2. The number of carbonyl (C=O) groups is 1. The lowest BCUT2D eigenvalue weighted by Gasteiger charge is -1.96. The first-order valence-electron chi connectivity index (χ1n) is 7.20. The molecule has 0 fully saturated rings. The molecule has 10 heteroatoms. The van der Waals surface area contributed by atoms with Crippen LogP contribution in [0.2, 0.25) is 0 Å². The summed E-state index contributed by atoms with van der Waals surface area (Å²) in [5, 5.41) is 25.5. The van der Waals surface area contributed by atoms with Gasteiger partial charge in [0.25, 0.3) is 11.4 Å². The zero-order valence-corrected chi connectivity index (χ0v) is 13.0. The number of non-ortho nitro benzene ring substituents is 2. The number of benzene rings is 2. The molecule has 26 heavy (non-hydrogen) atoms. The number of furan rings is 1. The number of hydrogen-bond acceptors (Lipinski definition) is 7. The van der Waals surface area contributed by atoms with Crippen molar-refractivity contribution in [1.29, 1.82) is 0 Å². The van der Waals surface area contributed by atoms with Gasteiger partial charge in [-0.25, -0.2) is 5.43 Å². The Morgan fingerprint density at radius 2 is 1.65 bits per heavy atom. The Kier molecular flexibility index (Phi) is 4.39. The minimum absolute atomic E-state index is 0.0532. The number of amides is 1. The molecule has 0 bridgehead atoms. The summed E-state index contributed by atoms with van der Waals surface area (Å²) in [6.45, 7) is 0. The molecule has 3 rings (SSSR count). The Morgan fingerprint density at radius 1 is 1.00 bits per heavy atom. The molecule has 1 amide bonds. The SMILES string of the molecule is O=C(N/N=C\c1ccc([N+](=O)[O-])cc1)c1cc2cc([N+](=O)[O-])ccc2o1. The van der Waals surface area contributed by atoms with Gasteiger partial charge in [0.2, 0.25) is 0 Å². The molecular formula is C16H10N4O6. The van der Waals surface area contributed by atoms with Crippen LogP contribution in [0.3, 0.4) is 0 Å². The average molecular weight is 354 g/mol. The molecule has 0 spiro atoms. The fourth-order valence-corrected chi connectivity index (χ4v) is 2.16. The molecular weight excluding hydrogens is 344 g/mol. The van der Waals surface area contributed by atoms with Gasteiger partial charge in [0, 0.05) is 29.7 Å². The van der Waals surface area contributed by atoms with Crippen molar-refractivity contribution in [1.82, 2.24) is 5.43 Å². The topological polar surface area (TPSA) is 141 Å². The van der Waals surface area contributed by atoms with Crippen molar-refractivity contribution in [2.75, 3.05) is 0 Å². The lowest BCUT2D eigenvalue weighted by molar-refractivity contribution is -0.385. The van der Waals surface area contributed by atoms with Crippen LogP contribution in [-0.4, -0.2) is 22.0 Å². The van der Waals surface area contributed by atoms with E-state index in [1.165, 1.54) is 54.7 Å². The predicted octanol–water partition coefficient (Wildman–Crippen LogP) is 3.01. The van der Waals surface area contributed by atoms with Crippen LogP contribution >= 0.6 is 0 Å². The summed E-state index contributed by atoms with van der Waals surface area (Å²) in [5.41, 5.74) is 2.97. The van der Waals surface area contributed by atoms with Crippen molar-refractivity contribution < 1.29 is 19.1 Å². The Bertz CT molecular complexity index is 1040. The highest BCUT2D eigenvalue weighted by atomic mass is 16.6. The third-order valence-corrected chi connectivity index (χ3v) is 3.42. The minimum atomic E-state index is -0.637. The van der Waals surface area contributed by atoms with E-state index in [2.05, 4.69) is 10.5 Å². The summed E-state index contributed by atoms with van der Waals surface area (Å²) in [5.74, 6) is -0.691. The van der Waals surface area contributed by atoms with E-state index in [1.807, 2.05) is 0 Å². The summed E-state index contributed by atoms with van der Waals surface area (Å²) in [7, 11) is 0. The van der Waals surface area contributed by atoms with Crippen LogP contribution < -0.4 is 5.43 Å². The number of nitro groups is 2. The van der Waals surface area contributed by atoms with Gasteiger partial charge in [0.05, 0.1) is 16.1 Å². The minimum Gasteiger partial charge on any atom is -0.451 e. The first-order valence-corrected chi connectivity index (χ1v) is 7.20. The predicted molar refractivity (Wildman–Crippen MR) is 91.0 cm³/mol. The van der Waals surface area contributed by atoms with Gasteiger partial charge in [-0.3, -0.25) is 25.0 Å². The largest absolute Gasteiger partial charge is 0.451 e. The second-order valence-electron chi connectivity index (χ2n) is 5.14. The Labute approximate surface area is 145 Å². The number of hydrazone groups is 1. The van der Waals surface area contributed by atoms with Crippen LogP contribution in [0.25, 0.3) is 11.0 Å². The number of fused-ring (bicyclic) bond motifs is 1. The molecule has 0 aliphatic rings. The first-order chi connectivity index (χ1) is 12.4. The van der Waals surface area contributed by atoms with E-state index >= 15 is 0 Å². The zero-order valence-electron chi connectivity index (χ0n) is 13.0. The fraction of sp³-hybridized carbons (Fsp3) is 0. The van der Waals surface area contributed by atoms with E-state index in [-0.39, 0.29) is 17.1 Å². The summed E-state index contributed by atoms with van der Waals surface area (Å²) in [6.07, 6.45) is 1.31. The highest BCUT2D eigenvalue weighted by molar-refractivity contribution is 5.97. The third-order valence-electron chi connectivity index (χ3n) is 3.42. The number of nitro benzene ring substituents is 2. The maximum atomic E-state index is 12.0. The molecule has 1 aromatic heterocycles. The van der Waals surface area contributed by atoms with Crippen LogP contribution in [0.1, 0.15) is 16.1 Å². The monoisotopic (exact) mass is 354 g/mol. The molecule has 3 aromatic rings. The van der Waals surface area contributed by atoms with Crippen molar-refractivity contribution in [3.8, 4) is 0 Å². The fourth-order valence-electron chi connectivity index (χ4n) is 2.16. The third kappa shape index (κ3) is 3.53. The van der Waals surface area contributed by atoms with E-state index in [0.29, 0.717) is 16.5 Å². The van der Waals surface area contributed by atoms with Crippen LogP contribution in [0.4, 0.5) is 11.4 Å². The molecule has 1 N–H and O–H groups in total. The maximum absolute atomic E-state index is 12.0. The van der Waals surface area contributed by atoms with E-state index < -0.39 is 15.8 Å². The normalized spacial score (nSPS) is 10.9. The maximum Gasteiger partial charge on any atom is 0.307 e. The van der Waals surface area contributed by atoms with Crippen molar-refractivity contribution in [2.24, 2.45) is 5.10 Å². The highest BCUT2D eigenvalue weighted by Crippen LogP contribution is 2.24.